The lowest BCUT2D eigenvalue weighted by Crippen LogP contribution is -2.45. The van der Waals surface area contributed by atoms with Crippen LogP contribution < -0.4 is 10.1 Å². The standard InChI is InChI=1S/C22H29N3O3/c1-22(2,16-26)15-25-12-6-7-17(14-25)21(27)24-19-9-3-4-10-20(19)28-18-8-5-11-23-13-18/h3-5,8-11,13,17,26H,6-7,12,14-16H2,1-2H3,(H,24,27)/t17-/m0/s1. The molecule has 2 heterocycles. The smallest absolute Gasteiger partial charge is 0.228 e. The molecule has 1 aromatic carbocycles. The molecule has 0 bridgehead atoms. The predicted molar refractivity (Wildman–Crippen MR) is 109 cm³/mol. The maximum atomic E-state index is 12.9. The van der Waals surface area contributed by atoms with Crippen LogP contribution in [-0.2, 0) is 4.79 Å². The van der Waals surface area contributed by atoms with E-state index in [1.54, 1.807) is 18.5 Å². The maximum absolute atomic E-state index is 12.9. The van der Waals surface area contributed by atoms with Gasteiger partial charge < -0.3 is 20.1 Å². The number of hydrogen-bond acceptors (Lipinski definition) is 5. The summed E-state index contributed by atoms with van der Waals surface area (Å²) in [6.45, 7) is 6.69. The number of carbonyl (C=O) groups excluding carboxylic acids is 1. The van der Waals surface area contributed by atoms with Crippen LogP contribution in [0.4, 0.5) is 5.69 Å². The monoisotopic (exact) mass is 383 g/mol. The molecule has 3 rings (SSSR count). The van der Waals surface area contributed by atoms with Crippen LogP contribution in [0.1, 0.15) is 26.7 Å². The lowest BCUT2D eigenvalue weighted by atomic mass is 9.90. The summed E-state index contributed by atoms with van der Waals surface area (Å²) in [5.41, 5.74) is 0.492. The van der Waals surface area contributed by atoms with Crippen LogP contribution >= 0.6 is 0 Å². The number of nitrogens with one attached hydrogen (secondary N) is 1. The summed E-state index contributed by atoms with van der Waals surface area (Å²) in [5.74, 6) is 1.15. The van der Waals surface area contributed by atoms with Crippen molar-refractivity contribution in [2.24, 2.45) is 11.3 Å². The van der Waals surface area contributed by atoms with Gasteiger partial charge in [0.1, 0.15) is 5.75 Å². The van der Waals surface area contributed by atoms with Crippen LogP contribution in [0.3, 0.4) is 0 Å². The van der Waals surface area contributed by atoms with E-state index in [1.807, 2.05) is 44.2 Å². The topological polar surface area (TPSA) is 74.7 Å². The Morgan fingerprint density at radius 2 is 2.14 bits per heavy atom. The fourth-order valence-corrected chi connectivity index (χ4v) is 3.50. The van der Waals surface area contributed by atoms with Crippen molar-refractivity contribution in [3.8, 4) is 11.5 Å². The number of aromatic nitrogens is 1. The summed E-state index contributed by atoms with van der Waals surface area (Å²) in [7, 11) is 0. The van der Waals surface area contributed by atoms with E-state index in [0.29, 0.717) is 23.7 Å². The minimum atomic E-state index is -0.164. The van der Waals surface area contributed by atoms with E-state index < -0.39 is 0 Å². The highest BCUT2D eigenvalue weighted by molar-refractivity contribution is 5.94. The number of para-hydroxylation sites is 2. The molecule has 1 amide bonds. The zero-order valence-electron chi connectivity index (χ0n) is 16.6. The number of amides is 1. The Bertz CT molecular complexity index is 780. The van der Waals surface area contributed by atoms with Gasteiger partial charge in [-0.15, -0.1) is 0 Å². The average Bonchev–Trinajstić information content (AvgIpc) is 2.70. The zero-order chi connectivity index (χ0) is 20.0. The van der Waals surface area contributed by atoms with Crippen LogP contribution in [0.15, 0.2) is 48.8 Å². The largest absolute Gasteiger partial charge is 0.454 e. The number of aliphatic hydroxyl groups excluding tert-OH is 1. The zero-order valence-corrected chi connectivity index (χ0v) is 16.6. The molecule has 1 aliphatic heterocycles. The number of likely N-dealkylation sites (tertiary alicyclic amines) is 1. The number of ether oxygens (including phenoxy) is 1. The molecule has 28 heavy (non-hydrogen) atoms. The van der Waals surface area contributed by atoms with E-state index in [2.05, 4.69) is 15.2 Å². The summed E-state index contributed by atoms with van der Waals surface area (Å²) in [5, 5.41) is 12.6. The molecular formula is C22H29N3O3. The summed E-state index contributed by atoms with van der Waals surface area (Å²) < 4.78 is 5.88. The fraction of sp³-hybridized carbons (Fsp3) is 0.455. The Kier molecular flexibility index (Phi) is 6.65. The number of anilines is 1. The van der Waals surface area contributed by atoms with Gasteiger partial charge in [0, 0.05) is 31.3 Å². The van der Waals surface area contributed by atoms with Crippen molar-refractivity contribution < 1.29 is 14.6 Å². The van der Waals surface area contributed by atoms with E-state index in [-0.39, 0.29) is 23.8 Å². The normalized spacial score (nSPS) is 17.9. The van der Waals surface area contributed by atoms with Gasteiger partial charge in [-0.05, 0) is 43.7 Å². The highest BCUT2D eigenvalue weighted by Gasteiger charge is 2.29. The van der Waals surface area contributed by atoms with Crippen LogP contribution in [0.25, 0.3) is 0 Å². The van der Waals surface area contributed by atoms with Gasteiger partial charge in [-0.1, -0.05) is 26.0 Å². The molecule has 1 atom stereocenters. The molecule has 1 aliphatic rings. The number of hydrogen-bond donors (Lipinski definition) is 2. The van der Waals surface area contributed by atoms with Crippen molar-refractivity contribution in [3.63, 3.8) is 0 Å². The van der Waals surface area contributed by atoms with E-state index in [0.717, 1.165) is 25.9 Å². The van der Waals surface area contributed by atoms with Gasteiger partial charge in [-0.25, -0.2) is 0 Å². The Hall–Kier alpha value is -2.44. The maximum Gasteiger partial charge on any atom is 0.228 e. The number of carbonyl (C=O) groups is 1. The fourth-order valence-electron chi connectivity index (χ4n) is 3.50. The van der Waals surface area contributed by atoms with Gasteiger partial charge in [-0.2, -0.15) is 0 Å². The number of aliphatic hydroxyl groups is 1. The molecule has 6 heteroatoms. The van der Waals surface area contributed by atoms with Crippen LogP contribution in [0.2, 0.25) is 0 Å². The molecule has 2 aromatic rings. The van der Waals surface area contributed by atoms with Gasteiger partial charge in [0.15, 0.2) is 5.75 Å². The molecule has 0 spiro atoms. The van der Waals surface area contributed by atoms with E-state index in [9.17, 15) is 9.90 Å². The van der Waals surface area contributed by atoms with E-state index in [4.69, 9.17) is 4.74 Å². The first-order valence-electron chi connectivity index (χ1n) is 9.78. The first-order chi connectivity index (χ1) is 13.5. The average molecular weight is 383 g/mol. The Morgan fingerprint density at radius 3 is 2.89 bits per heavy atom. The van der Waals surface area contributed by atoms with Crippen LogP contribution in [-0.4, -0.2) is 47.1 Å². The first-order valence-corrected chi connectivity index (χ1v) is 9.78. The van der Waals surface area contributed by atoms with Gasteiger partial charge in [-0.3, -0.25) is 9.78 Å². The number of rotatable bonds is 7. The quantitative estimate of drug-likeness (QED) is 0.765. The Labute approximate surface area is 166 Å². The van der Waals surface area contributed by atoms with Crippen LogP contribution in [0.5, 0.6) is 11.5 Å². The first kappa shape index (κ1) is 20.3. The molecule has 150 valence electrons. The third-order valence-corrected chi connectivity index (χ3v) is 4.96. The van der Waals surface area contributed by atoms with Crippen molar-refractivity contribution in [2.75, 3.05) is 31.6 Å². The summed E-state index contributed by atoms with van der Waals surface area (Å²) in [6.07, 6.45) is 5.18. The third kappa shape index (κ3) is 5.53. The second kappa shape index (κ2) is 9.17. The lowest BCUT2D eigenvalue weighted by molar-refractivity contribution is -0.121. The summed E-state index contributed by atoms with van der Waals surface area (Å²) in [6, 6.07) is 11.1. The third-order valence-electron chi connectivity index (χ3n) is 4.96. The van der Waals surface area contributed by atoms with Crippen molar-refractivity contribution in [3.05, 3.63) is 48.8 Å². The van der Waals surface area contributed by atoms with Crippen molar-refractivity contribution in [1.82, 2.24) is 9.88 Å². The van der Waals surface area contributed by atoms with Gasteiger partial charge in [0.05, 0.1) is 17.8 Å². The summed E-state index contributed by atoms with van der Waals surface area (Å²) >= 11 is 0. The second-order valence-electron chi connectivity index (χ2n) is 8.17. The number of nitrogens with zero attached hydrogens (tertiary/aromatic N) is 2. The molecule has 1 fully saturated rings. The second-order valence-corrected chi connectivity index (χ2v) is 8.17. The molecule has 1 aromatic heterocycles. The van der Waals surface area contributed by atoms with Crippen LogP contribution in [0, 0.1) is 11.3 Å². The highest BCUT2D eigenvalue weighted by Crippen LogP contribution is 2.30. The van der Waals surface area contributed by atoms with Crippen molar-refractivity contribution in [1.29, 1.82) is 0 Å². The molecule has 0 aliphatic carbocycles. The molecule has 0 unspecified atom stereocenters. The Morgan fingerprint density at radius 1 is 1.32 bits per heavy atom. The molecule has 0 radical (unpaired) electrons. The van der Waals surface area contributed by atoms with Gasteiger partial charge in [0.2, 0.25) is 5.91 Å². The van der Waals surface area contributed by atoms with Gasteiger partial charge in [0.25, 0.3) is 0 Å². The van der Waals surface area contributed by atoms with E-state index in [1.165, 1.54) is 0 Å². The lowest BCUT2D eigenvalue weighted by Gasteiger charge is -2.36. The molecule has 1 saturated heterocycles. The van der Waals surface area contributed by atoms with Gasteiger partial charge >= 0.3 is 0 Å². The van der Waals surface area contributed by atoms with Crippen molar-refractivity contribution in [2.45, 2.75) is 26.7 Å². The number of piperidine rings is 1. The summed E-state index contributed by atoms with van der Waals surface area (Å²) in [4.78, 5) is 19.2. The molecule has 6 nitrogen and oxygen atoms in total. The molecule has 0 saturated carbocycles. The van der Waals surface area contributed by atoms with Crippen molar-refractivity contribution >= 4 is 11.6 Å². The minimum absolute atomic E-state index is 0.00809. The number of benzene rings is 1. The molecular weight excluding hydrogens is 354 g/mol. The predicted octanol–water partition coefficient (Wildman–Crippen LogP) is 3.54. The Balaban J connectivity index is 1.64. The van der Waals surface area contributed by atoms with E-state index >= 15 is 0 Å². The SMILES string of the molecule is CC(C)(CO)CN1CCC[C@H](C(=O)Nc2ccccc2Oc2cccnc2)C1. The number of pyridine rings is 1. The minimum Gasteiger partial charge on any atom is -0.454 e. The highest BCUT2D eigenvalue weighted by atomic mass is 16.5. The molecule has 2 N–H and O–H groups in total.